The molecule has 0 saturated carbocycles. The summed E-state index contributed by atoms with van der Waals surface area (Å²) in [5.74, 6) is 2.34. The molecule has 1 aliphatic heterocycles. The molecule has 0 bridgehead atoms. The summed E-state index contributed by atoms with van der Waals surface area (Å²) in [5.41, 5.74) is 0. The number of hydrogen-bond acceptors (Lipinski definition) is 3. The SMILES string of the molecule is CC(Sc1cc(Cl)ccc1Cl)C(=O)NC1CCSCC1. The number of rotatable bonds is 4. The molecule has 110 valence electrons. The van der Waals surface area contributed by atoms with Crippen LogP contribution in [0, 0.1) is 0 Å². The Hall–Kier alpha value is -0.0300. The second-order valence-corrected chi connectivity index (χ2v) is 8.18. The predicted octanol–water partition coefficient (Wildman–Crippen LogP) is 4.49. The van der Waals surface area contributed by atoms with Crippen LogP contribution in [-0.2, 0) is 4.79 Å². The molecule has 0 spiro atoms. The minimum atomic E-state index is -0.180. The van der Waals surface area contributed by atoms with Gasteiger partial charge in [-0.1, -0.05) is 23.2 Å². The van der Waals surface area contributed by atoms with Crippen LogP contribution in [0.25, 0.3) is 0 Å². The topological polar surface area (TPSA) is 29.1 Å². The second kappa shape index (κ2) is 7.83. The van der Waals surface area contributed by atoms with E-state index in [0.29, 0.717) is 16.1 Å². The molecule has 1 amide bonds. The Morgan fingerprint density at radius 3 is 2.80 bits per heavy atom. The minimum absolute atomic E-state index is 0.0722. The summed E-state index contributed by atoms with van der Waals surface area (Å²) in [5, 5.41) is 4.21. The van der Waals surface area contributed by atoms with Gasteiger partial charge in [-0.3, -0.25) is 4.79 Å². The van der Waals surface area contributed by atoms with E-state index in [9.17, 15) is 4.79 Å². The average Bonchev–Trinajstić information content (AvgIpc) is 2.44. The van der Waals surface area contributed by atoms with Gasteiger partial charge in [-0.05, 0) is 49.5 Å². The maximum atomic E-state index is 12.2. The molecule has 1 atom stereocenters. The van der Waals surface area contributed by atoms with Crippen LogP contribution in [0.5, 0.6) is 0 Å². The number of benzene rings is 1. The van der Waals surface area contributed by atoms with Crippen LogP contribution in [0.2, 0.25) is 10.0 Å². The molecular weight excluding hydrogens is 333 g/mol. The molecule has 0 aliphatic carbocycles. The first kappa shape index (κ1) is 16.3. The van der Waals surface area contributed by atoms with Crippen molar-refractivity contribution in [3.8, 4) is 0 Å². The van der Waals surface area contributed by atoms with Gasteiger partial charge in [-0.25, -0.2) is 0 Å². The van der Waals surface area contributed by atoms with Gasteiger partial charge in [0.25, 0.3) is 0 Å². The Kier molecular flexibility index (Phi) is 6.40. The van der Waals surface area contributed by atoms with Crippen LogP contribution >= 0.6 is 46.7 Å². The molecule has 1 saturated heterocycles. The molecule has 1 aromatic carbocycles. The zero-order chi connectivity index (χ0) is 14.5. The monoisotopic (exact) mass is 349 g/mol. The van der Waals surface area contributed by atoms with E-state index in [-0.39, 0.29) is 11.2 Å². The van der Waals surface area contributed by atoms with Crippen molar-refractivity contribution in [3.05, 3.63) is 28.2 Å². The number of thioether (sulfide) groups is 2. The van der Waals surface area contributed by atoms with Crippen molar-refractivity contribution in [2.75, 3.05) is 11.5 Å². The van der Waals surface area contributed by atoms with Gasteiger partial charge in [0.05, 0.1) is 10.3 Å². The first-order valence-corrected chi connectivity index (χ1v) is 9.35. The highest BCUT2D eigenvalue weighted by Crippen LogP contribution is 2.32. The van der Waals surface area contributed by atoms with E-state index in [2.05, 4.69) is 5.32 Å². The summed E-state index contributed by atoms with van der Waals surface area (Å²) >= 11 is 15.5. The average molecular weight is 350 g/mol. The quantitative estimate of drug-likeness (QED) is 0.812. The summed E-state index contributed by atoms with van der Waals surface area (Å²) in [4.78, 5) is 13.0. The summed E-state index contributed by atoms with van der Waals surface area (Å²) in [6.07, 6.45) is 2.12. The molecule has 1 fully saturated rings. The Labute approximate surface area is 138 Å². The molecule has 2 rings (SSSR count). The van der Waals surface area contributed by atoms with E-state index in [1.54, 1.807) is 18.2 Å². The fourth-order valence-electron chi connectivity index (χ4n) is 1.97. The van der Waals surface area contributed by atoms with E-state index in [0.717, 1.165) is 29.2 Å². The van der Waals surface area contributed by atoms with Crippen molar-refractivity contribution in [2.45, 2.75) is 36.0 Å². The van der Waals surface area contributed by atoms with E-state index < -0.39 is 0 Å². The van der Waals surface area contributed by atoms with Crippen molar-refractivity contribution in [2.24, 2.45) is 0 Å². The molecule has 1 heterocycles. The van der Waals surface area contributed by atoms with Crippen molar-refractivity contribution in [1.29, 1.82) is 0 Å². The fraction of sp³-hybridized carbons (Fsp3) is 0.500. The predicted molar refractivity (Wildman–Crippen MR) is 90.3 cm³/mol. The zero-order valence-corrected chi connectivity index (χ0v) is 14.3. The summed E-state index contributed by atoms with van der Waals surface area (Å²) in [6, 6.07) is 5.63. The largest absolute Gasteiger partial charge is 0.352 e. The molecule has 6 heteroatoms. The molecule has 1 unspecified atom stereocenters. The normalized spacial score (nSPS) is 17.8. The highest BCUT2D eigenvalue weighted by atomic mass is 35.5. The molecule has 0 aromatic heterocycles. The standard InChI is InChI=1S/C14H17Cl2NOS2/c1-9(14(18)17-11-4-6-19-7-5-11)20-13-8-10(15)2-3-12(13)16/h2-3,8-9,11H,4-7H2,1H3,(H,17,18). The van der Waals surface area contributed by atoms with Crippen LogP contribution in [-0.4, -0.2) is 28.7 Å². The van der Waals surface area contributed by atoms with Crippen LogP contribution in [0.15, 0.2) is 23.1 Å². The van der Waals surface area contributed by atoms with Crippen LogP contribution in [0.4, 0.5) is 0 Å². The van der Waals surface area contributed by atoms with Crippen LogP contribution in [0.1, 0.15) is 19.8 Å². The van der Waals surface area contributed by atoms with Gasteiger partial charge in [0.1, 0.15) is 0 Å². The molecule has 1 N–H and O–H groups in total. The number of halogens is 2. The minimum Gasteiger partial charge on any atom is -0.352 e. The van der Waals surface area contributed by atoms with Gasteiger partial charge in [0, 0.05) is 16.0 Å². The number of nitrogens with one attached hydrogen (secondary N) is 1. The van der Waals surface area contributed by atoms with Gasteiger partial charge < -0.3 is 5.32 Å². The Morgan fingerprint density at radius 2 is 2.10 bits per heavy atom. The lowest BCUT2D eigenvalue weighted by atomic mass is 10.1. The molecule has 0 radical (unpaired) electrons. The first-order valence-electron chi connectivity index (χ1n) is 6.56. The highest BCUT2D eigenvalue weighted by Gasteiger charge is 2.21. The number of hydrogen-bond donors (Lipinski definition) is 1. The van der Waals surface area contributed by atoms with Gasteiger partial charge in [0.2, 0.25) is 5.91 Å². The van der Waals surface area contributed by atoms with Crippen molar-refractivity contribution in [3.63, 3.8) is 0 Å². The maximum absolute atomic E-state index is 12.2. The fourth-order valence-corrected chi connectivity index (χ4v) is 4.50. The second-order valence-electron chi connectivity index (χ2n) is 4.73. The third kappa shape index (κ3) is 4.76. The summed E-state index contributed by atoms with van der Waals surface area (Å²) in [6.45, 7) is 1.90. The van der Waals surface area contributed by atoms with Gasteiger partial charge >= 0.3 is 0 Å². The van der Waals surface area contributed by atoms with E-state index >= 15 is 0 Å². The van der Waals surface area contributed by atoms with E-state index in [1.165, 1.54) is 11.8 Å². The van der Waals surface area contributed by atoms with Crippen LogP contribution < -0.4 is 5.32 Å². The Bertz CT molecular complexity index is 478. The van der Waals surface area contributed by atoms with Crippen molar-refractivity contribution in [1.82, 2.24) is 5.32 Å². The molecule has 1 aromatic rings. The number of amides is 1. The molecule has 2 nitrogen and oxygen atoms in total. The Morgan fingerprint density at radius 1 is 1.40 bits per heavy atom. The van der Waals surface area contributed by atoms with Gasteiger partial charge in [-0.2, -0.15) is 11.8 Å². The summed E-state index contributed by atoms with van der Waals surface area (Å²) < 4.78 is 0. The Balaban J connectivity index is 1.91. The highest BCUT2D eigenvalue weighted by molar-refractivity contribution is 8.00. The van der Waals surface area contributed by atoms with Gasteiger partial charge in [0.15, 0.2) is 0 Å². The molecule has 1 aliphatic rings. The third-order valence-electron chi connectivity index (χ3n) is 3.13. The smallest absolute Gasteiger partial charge is 0.233 e. The van der Waals surface area contributed by atoms with Crippen molar-refractivity contribution < 1.29 is 4.79 Å². The van der Waals surface area contributed by atoms with Crippen molar-refractivity contribution >= 4 is 52.6 Å². The lowest BCUT2D eigenvalue weighted by Gasteiger charge is -2.24. The van der Waals surface area contributed by atoms with E-state index in [1.807, 2.05) is 18.7 Å². The molecule has 20 heavy (non-hydrogen) atoms. The third-order valence-corrected chi connectivity index (χ3v) is 6.02. The first-order chi connectivity index (χ1) is 9.56. The maximum Gasteiger partial charge on any atom is 0.233 e. The summed E-state index contributed by atoms with van der Waals surface area (Å²) in [7, 11) is 0. The van der Waals surface area contributed by atoms with E-state index in [4.69, 9.17) is 23.2 Å². The van der Waals surface area contributed by atoms with Crippen LogP contribution in [0.3, 0.4) is 0 Å². The lowest BCUT2D eigenvalue weighted by molar-refractivity contribution is -0.121. The number of carbonyl (C=O) groups excluding carboxylic acids is 1. The number of carbonyl (C=O) groups is 1. The molecular formula is C14H17Cl2NOS2. The lowest BCUT2D eigenvalue weighted by Crippen LogP contribution is -2.41. The van der Waals surface area contributed by atoms with Gasteiger partial charge in [-0.15, -0.1) is 11.8 Å². The zero-order valence-electron chi connectivity index (χ0n) is 11.2.